The summed E-state index contributed by atoms with van der Waals surface area (Å²) in [6.45, 7) is 5.35. The standard InChI is InChI=1S/C22H28N4O2S/c1-17(27)25-13-11-24(12-14-25)16-21(28)26(15-18-7-3-2-4-8-18)22-23-19-9-5-6-10-20(19)29-22/h2-4,7-8H,5-6,9-16H2,1H3. The third-order valence-electron chi connectivity index (χ3n) is 5.73. The van der Waals surface area contributed by atoms with Crippen LogP contribution in [0.25, 0.3) is 0 Å². The highest BCUT2D eigenvalue weighted by Gasteiger charge is 2.26. The molecule has 0 bridgehead atoms. The normalized spacial score (nSPS) is 17.1. The summed E-state index contributed by atoms with van der Waals surface area (Å²) in [4.78, 5) is 36.9. The van der Waals surface area contributed by atoms with Crippen LogP contribution in [0.15, 0.2) is 30.3 Å². The van der Waals surface area contributed by atoms with Crippen LogP contribution in [-0.2, 0) is 29.0 Å². The number of carbonyl (C=O) groups excluding carboxylic acids is 2. The number of aryl methyl sites for hydroxylation is 2. The molecule has 2 amide bonds. The van der Waals surface area contributed by atoms with Crippen molar-refractivity contribution in [2.24, 2.45) is 0 Å². The van der Waals surface area contributed by atoms with Gasteiger partial charge < -0.3 is 4.90 Å². The van der Waals surface area contributed by atoms with Crippen molar-refractivity contribution in [3.8, 4) is 0 Å². The van der Waals surface area contributed by atoms with Crippen molar-refractivity contribution in [3.05, 3.63) is 46.5 Å². The SMILES string of the molecule is CC(=O)N1CCN(CC(=O)N(Cc2ccccc2)c2nc3c(s2)CCCC3)CC1. The molecule has 0 radical (unpaired) electrons. The zero-order valence-electron chi connectivity index (χ0n) is 17.0. The van der Waals surface area contributed by atoms with E-state index in [4.69, 9.17) is 4.98 Å². The van der Waals surface area contributed by atoms with E-state index in [2.05, 4.69) is 17.0 Å². The van der Waals surface area contributed by atoms with E-state index in [1.54, 1.807) is 18.3 Å². The number of rotatable bonds is 5. The second kappa shape index (κ2) is 9.05. The van der Waals surface area contributed by atoms with Gasteiger partial charge in [-0.05, 0) is 31.2 Å². The topological polar surface area (TPSA) is 56.8 Å². The number of fused-ring (bicyclic) bond motifs is 1. The average Bonchev–Trinajstić information content (AvgIpc) is 3.17. The van der Waals surface area contributed by atoms with Gasteiger partial charge in [-0.15, -0.1) is 11.3 Å². The highest BCUT2D eigenvalue weighted by atomic mass is 32.1. The molecule has 1 aliphatic heterocycles. The fourth-order valence-corrected chi connectivity index (χ4v) is 5.14. The first-order chi connectivity index (χ1) is 14.1. The predicted molar refractivity (Wildman–Crippen MR) is 115 cm³/mol. The molecule has 6 nitrogen and oxygen atoms in total. The number of aromatic nitrogens is 1. The number of amides is 2. The first-order valence-corrected chi connectivity index (χ1v) is 11.2. The van der Waals surface area contributed by atoms with Crippen molar-refractivity contribution in [3.63, 3.8) is 0 Å². The molecule has 0 saturated carbocycles. The van der Waals surface area contributed by atoms with Crippen molar-refractivity contribution in [1.82, 2.24) is 14.8 Å². The van der Waals surface area contributed by atoms with E-state index in [0.29, 0.717) is 26.2 Å². The van der Waals surface area contributed by atoms with Gasteiger partial charge in [0.2, 0.25) is 11.8 Å². The zero-order chi connectivity index (χ0) is 20.2. The van der Waals surface area contributed by atoms with Crippen LogP contribution in [0, 0.1) is 0 Å². The van der Waals surface area contributed by atoms with Crippen molar-refractivity contribution in [1.29, 1.82) is 0 Å². The van der Waals surface area contributed by atoms with Gasteiger partial charge in [0.1, 0.15) is 0 Å². The highest BCUT2D eigenvalue weighted by Crippen LogP contribution is 2.32. The second-order valence-corrected chi connectivity index (χ2v) is 8.88. The van der Waals surface area contributed by atoms with Gasteiger partial charge in [-0.3, -0.25) is 19.4 Å². The van der Waals surface area contributed by atoms with Crippen LogP contribution in [0.5, 0.6) is 0 Å². The zero-order valence-corrected chi connectivity index (χ0v) is 17.8. The Morgan fingerprint density at radius 3 is 2.48 bits per heavy atom. The van der Waals surface area contributed by atoms with Crippen LogP contribution in [-0.4, -0.2) is 59.3 Å². The molecule has 154 valence electrons. The molecule has 0 N–H and O–H groups in total. The number of hydrogen-bond acceptors (Lipinski definition) is 5. The summed E-state index contributed by atoms with van der Waals surface area (Å²) in [5.41, 5.74) is 2.28. The minimum atomic E-state index is 0.0798. The molecule has 2 aromatic rings. The van der Waals surface area contributed by atoms with Crippen LogP contribution in [0.1, 0.15) is 35.9 Å². The van der Waals surface area contributed by atoms with E-state index < -0.39 is 0 Å². The molecule has 1 fully saturated rings. The smallest absolute Gasteiger partial charge is 0.243 e. The summed E-state index contributed by atoms with van der Waals surface area (Å²) in [6, 6.07) is 10.1. The molecule has 29 heavy (non-hydrogen) atoms. The Labute approximate surface area is 176 Å². The van der Waals surface area contributed by atoms with Crippen LogP contribution in [0.3, 0.4) is 0 Å². The van der Waals surface area contributed by atoms with Crippen molar-refractivity contribution >= 4 is 28.3 Å². The summed E-state index contributed by atoms with van der Waals surface area (Å²) in [5, 5.41) is 0.827. The van der Waals surface area contributed by atoms with Gasteiger partial charge in [0.05, 0.1) is 18.8 Å². The van der Waals surface area contributed by atoms with Gasteiger partial charge in [-0.25, -0.2) is 4.98 Å². The molecule has 2 aliphatic rings. The molecule has 0 atom stereocenters. The average molecular weight is 413 g/mol. The second-order valence-electron chi connectivity index (χ2n) is 7.82. The Bertz CT molecular complexity index is 835. The van der Waals surface area contributed by atoms with Gasteiger partial charge in [0.15, 0.2) is 5.13 Å². The summed E-state index contributed by atoms with van der Waals surface area (Å²) >= 11 is 1.68. The molecule has 1 aromatic heterocycles. The quantitative estimate of drug-likeness (QED) is 0.758. The Balaban J connectivity index is 1.49. The number of piperazine rings is 1. The molecule has 1 aromatic carbocycles. The fraction of sp³-hybridized carbons (Fsp3) is 0.500. The molecule has 4 rings (SSSR count). The van der Waals surface area contributed by atoms with Crippen LogP contribution in [0.4, 0.5) is 5.13 Å². The van der Waals surface area contributed by atoms with E-state index in [-0.39, 0.29) is 11.8 Å². The molecule has 7 heteroatoms. The lowest BCUT2D eigenvalue weighted by atomic mass is 10.0. The number of nitrogens with zero attached hydrogens (tertiary/aromatic N) is 4. The lowest BCUT2D eigenvalue weighted by molar-refractivity contribution is -0.130. The maximum Gasteiger partial charge on any atom is 0.243 e. The van der Waals surface area contributed by atoms with Gasteiger partial charge >= 0.3 is 0 Å². The monoisotopic (exact) mass is 412 g/mol. The summed E-state index contributed by atoms with van der Waals surface area (Å²) < 4.78 is 0. The maximum atomic E-state index is 13.3. The molecule has 0 unspecified atom stereocenters. The van der Waals surface area contributed by atoms with Gasteiger partial charge in [-0.1, -0.05) is 30.3 Å². The third-order valence-corrected chi connectivity index (χ3v) is 6.91. The Kier molecular flexibility index (Phi) is 6.25. The third kappa shape index (κ3) is 4.85. The van der Waals surface area contributed by atoms with E-state index in [1.165, 1.54) is 23.4 Å². The van der Waals surface area contributed by atoms with E-state index in [0.717, 1.165) is 36.6 Å². The molecular weight excluding hydrogens is 384 g/mol. The molecular formula is C22H28N4O2S. The van der Waals surface area contributed by atoms with E-state index in [9.17, 15) is 9.59 Å². The summed E-state index contributed by atoms with van der Waals surface area (Å²) in [6.07, 6.45) is 4.49. The Morgan fingerprint density at radius 1 is 1.07 bits per heavy atom. The number of thiazole rings is 1. The fourth-order valence-electron chi connectivity index (χ4n) is 3.98. The molecule has 2 heterocycles. The largest absolute Gasteiger partial charge is 0.340 e. The number of anilines is 1. The first-order valence-electron chi connectivity index (χ1n) is 10.4. The van der Waals surface area contributed by atoms with Gasteiger partial charge in [0.25, 0.3) is 0 Å². The number of hydrogen-bond donors (Lipinski definition) is 0. The lowest BCUT2D eigenvalue weighted by Crippen LogP contribution is -2.51. The van der Waals surface area contributed by atoms with Crippen molar-refractivity contribution in [2.75, 3.05) is 37.6 Å². The predicted octanol–water partition coefficient (Wildman–Crippen LogP) is 2.72. The van der Waals surface area contributed by atoms with Crippen LogP contribution >= 0.6 is 11.3 Å². The Hall–Kier alpha value is -2.25. The molecule has 0 spiro atoms. The Morgan fingerprint density at radius 2 is 1.79 bits per heavy atom. The van der Waals surface area contributed by atoms with Gasteiger partial charge in [-0.2, -0.15) is 0 Å². The molecule has 1 aliphatic carbocycles. The first kappa shape index (κ1) is 20.0. The summed E-state index contributed by atoms with van der Waals surface area (Å²) in [5.74, 6) is 0.186. The number of carbonyl (C=O) groups is 2. The van der Waals surface area contributed by atoms with Crippen LogP contribution in [0.2, 0.25) is 0 Å². The van der Waals surface area contributed by atoms with Crippen molar-refractivity contribution in [2.45, 2.75) is 39.2 Å². The summed E-state index contributed by atoms with van der Waals surface area (Å²) in [7, 11) is 0. The van der Waals surface area contributed by atoms with E-state index >= 15 is 0 Å². The molecule has 1 saturated heterocycles. The van der Waals surface area contributed by atoms with E-state index in [1.807, 2.05) is 28.0 Å². The number of benzene rings is 1. The minimum absolute atomic E-state index is 0.0798. The highest BCUT2D eigenvalue weighted by molar-refractivity contribution is 7.15. The van der Waals surface area contributed by atoms with Crippen molar-refractivity contribution < 1.29 is 9.59 Å². The van der Waals surface area contributed by atoms with Crippen LogP contribution < -0.4 is 4.90 Å². The van der Waals surface area contributed by atoms with Gasteiger partial charge in [0, 0.05) is 38.0 Å². The minimum Gasteiger partial charge on any atom is -0.340 e. The lowest BCUT2D eigenvalue weighted by Gasteiger charge is -2.34. The maximum absolute atomic E-state index is 13.3.